The summed E-state index contributed by atoms with van der Waals surface area (Å²) in [7, 11) is 0. The third-order valence-electron chi connectivity index (χ3n) is 3.90. The van der Waals surface area contributed by atoms with Gasteiger partial charge in [0.05, 0.1) is 13.2 Å². The molecule has 1 atom stereocenters. The summed E-state index contributed by atoms with van der Waals surface area (Å²) in [6.07, 6.45) is 3.38. The van der Waals surface area contributed by atoms with Crippen LogP contribution in [0.1, 0.15) is 25.3 Å². The number of fused-ring (bicyclic) bond motifs is 1. The molecule has 0 spiro atoms. The van der Waals surface area contributed by atoms with Gasteiger partial charge in [0.1, 0.15) is 11.9 Å². The van der Waals surface area contributed by atoms with Crippen LogP contribution < -0.4 is 4.74 Å². The lowest BCUT2D eigenvalue weighted by Crippen LogP contribution is -2.40. The van der Waals surface area contributed by atoms with E-state index in [9.17, 15) is 4.79 Å². The smallest absolute Gasteiger partial charge is 0.320 e. The van der Waals surface area contributed by atoms with E-state index in [1.54, 1.807) is 0 Å². The molecular formula is C16H20BrNO3. The van der Waals surface area contributed by atoms with Crippen LogP contribution in [0, 0.1) is 0 Å². The van der Waals surface area contributed by atoms with Crippen LogP contribution in [0.15, 0.2) is 22.7 Å². The maximum absolute atomic E-state index is 11.7. The van der Waals surface area contributed by atoms with E-state index in [4.69, 9.17) is 9.47 Å². The van der Waals surface area contributed by atoms with Gasteiger partial charge in [0, 0.05) is 23.5 Å². The molecule has 1 aromatic carbocycles. The average Bonchev–Trinajstić information content (AvgIpc) is 3.20. The first kappa shape index (κ1) is 14.9. The number of ether oxygens (including phenoxy) is 2. The Kier molecular flexibility index (Phi) is 4.50. The van der Waals surface area contributed by atoms with Crippen LogP contribution in [0.5, 0.6) is 5.75 Å². The lowest BCUT2D eigenvalue weighted by Gasteiger charge is -2.24. The van der Waals surface area contributed by atoms with Gasteiger partial charge in [0.25, 0.3) is 0 Å². The maximum Gasteiger partial charge on any atom is 0.320 e. The Bertz CT molecular complexity index is 530. The lowest BCUT2D eigenvalue weighted by atomic mass is 10.1. The monoisotopic (exact) mass is 353 g/mol. The van der Waals surface area contributed by atoms with Gasteiger partial charge in [-0.25, -0.2) is 0 Å². The molecule has 3 rings (SSSR count). The topological polar surface area (TPSA) is 38.8 Å². The van der Waals surface area contributed by atoms with Crippen LogP contribution in [0.3, 0.4) is 0 Å². The Balaban J connectivity index is 1.59. The highest BCUT2D eigenvalue weighted by Gasteiger charge is 2.34. The van der Waals surface area contributed by atoms with Crippen molar-refractivity contribution in [3.63, 3.8) is 0 Å². The van der Waals surface area contributed by atoms with Crippen molar-refractivity contribution in [1.82, 2.24) is 4.90 Å². The fraction of sp³-hybridized carbons (Fsp3) is 0.562. The van der Waals surface area contributed by atoms with Gasteiger partial charge in [-0.3, -0.25) is 9.69 Å². The number of halogens is 1. The molecule has 1 saturated carbocycles. The first-order valence-electron chi connectivity index (χ1n) is 7.50. The standard InChI is InChI=1S/C16H20BrNO3/c1-2-20-16(19)10-18(13-4-5-13)9-14-8-11-7-12(17)3-6-15(11)21-14/h3,6-7,13-14H,2,4-5,8-10H2,1H3. The molecule has 0 saturated heterocycles. The summed E-state index contributed by atoms with van der Waals surface area (Å²) in [5.41, 5.74) is 1.24. The number of nitrogens with zero attached hydrogens (tertiary/aromatic N) is 1. The SMILES string of the molecule is CCOC(=O)CN(CC1Cc2cc(Br)ccc2O1)C1CC1. The highest BCUT2D eigenvalue weighted by Crippen LogP contribution is 2.33. The van der Waals surface area contributed by atoms with Crippen LogP contribution in [0.25, 0.3) is 0 Å². The van der Waals surface area contributed by atoms with E-state index in [2.05, 4.69) is 26.9 Å². The Morgan fingerprint density at radius 1 is 1.48 bits per heavy atom. The summed E-state index contributed by atoms with van der Waals surface area (Å²) in [5, 5.41) is 0. The molecule has 4 nitrogen and oxygen atoms in total. The second-order valence-corrected chi connectivity index (χ2v) is 6.58. The van der Waals surface area contributed by atoms with Gasteiger partial charge >= 0.3 is 5.97 Å². The number of carbonyl (C=O) groups excluding carboxylic acids is 1. The molecule has 0 radical (unpaired) electrons. The van der Waals surface area contributed by atoms with Crippen molar-refractivity contribution < 1.29 is 14.3 Å². The molecule has 1 fully saturated rings. The predicted octanol–water partition coefficient (Wildman–Crippen LogP) is 2.78. The molecule has 0 bridgehead atoms. The van der Waals surface area contributed by atoms with Gasteiger partial charge in [-0.05, 0) is 43.5 Å². The van der Waals surface area contributed by atoms with Gasteiger partial charge < -0.3 is 9.47 Å². The van der Waals surface area contributed by atoms with Crippen LogP contribution in [-0.4, -0.2) is 42.7 Å². The van der Waals surface area contributed by atoms with Gasteiger partial charge in [0.15, 0.2) is 0 Å². The highest BCUT2D eigenvalue weighted by molar-refractivity contribution is 9.10. The highest BCUT2D eigenvalue weighted by atomic mass is 79.9. The quantitative estimate of drug-likeness (QED) is 0.737. The third kappa shape index (κ3) is 3.77. The van der Waals surface area contributed by atoms with Crippen LogP contribution in [0.2, 0.25) is 0 Å². The number of carbonyl (C=O) groups is 1. The molecule has 0 aromatic heterocycles. The second kappa shape index (κ2) is 6.36. The second-order valence-electron chi connectivity index (χ2n) is 5.66. The third-order valence-corrected chi connectivity index (χ3v) is 4.40. The van der Waals surface area contributed by atoms with Crippen molar-refractivity contribution in [2.24, 2.45) is 0 Å². The number of hydrogen-bond acceptors (Lipinski definition) is 4. The largest absolute Gasteiger partial charge is 0.488 e. The summed E-state index contributed by atoms with van der Waals surface area (Å²) in [6, 6.07) is 6.64. The molecule has 1 unspecified atom stereocenters. The van der Waals surface area contributed by atoms with Gasteiger partial charge in [-0.1, -0.05) is 15.9 Å². The molecule has 5 heteroatoms. The van der Waals surface area contributed by atoms with Crippen molar-refractivity contribution in [2.45, 2.75) is 38.3 Å². The molecule has 1 aromatic rings. The minimum atomic E-state index is -0.136. The van der Waals surface area contributed by atoms with E-state index >= 15 is 0 Å². The van der Waals surface area contributed by atoms with Gasteiger partial charge in [-0.15, -0.1) is 0 Å². The zero-order chi connectivity index (χ0) is 14.8. The molecule has 1 aliphatic heterocycles. The number of hydrogen-bond donors (Lipinski definition) is 0. The van der Waals surface area contributed by atoms with E-state index in [1.165, 1.54) is 18.4 Å². The Labute approximate surface area is 133 Å². The minimum absolute atomic E-state index is 0.129. The summed E-state index contributed by atoms with van der Waals surface area (Å²) >= 11 is 3.49. The normalized spacial score (nSPS) is 20.2. The number of rotatable bonds is 6. The van der Waals surface area contributed by atoms with E-state index in [1.807, 2.05) is 19.1 Å². The lowest BCUT2D eigenvalue weighted by molar-refractivity contribution is -0.144. The summed E-state index contributed by atoms with van der Waals surface area (Å²) in [4.78, 5) is 13.9. The van der Waals surface area contributed by atoms with Crippen LogP contribution >= 0.6 is 15.9 Å². The van der Waals surface area contributed by atoms with Gasteiger partial charge in [-0.2, -0.15) is 0 Å². The molecule has 2 aliphatic rings. The number of benzene rings is 1. The van der Waals surface area contributed by atoms with Crippen molar-refractivity contribution in [1.29, 1.82) is 0 Å². The van der Waals surface area contributed by atoms with E-state index < -0.39 is 0 Å². The van der Waals surface area contributed by atoms with E-state index in [-0.39, 0.29) is 12.1 Å². The fourth-order valence-corrected chi connectivity index (χ4v) is 3.22. The molecule has 0 amide bonds. The summed E-state index contributed by atoms with van der Waals surface area (Å²) in [5.74, 6) is 0.831. The maximum atomic E-state index is 11.7. The van der Waals surface area contributed by atoms with E-state index in [0.29, 0.717) is 19.2 Å². The Hall–Kier alpha value is -1.07. The zero-order valence-electron chi connectivity index (χ0n) is 12.2. The molecule has 114 valence electrons. The Morgan fingerprint density at radius 3 is 3.00 bits per heavy atom. The average molecular weight is 354 g/mol. The minimum Gasteiger partial charge on any atom is -0.488 e. The van der Waals surface area contributed by atoms with E-state index in [0.717, 1.165) is 23.2 Å². The summed E-state index contributed by atoms with van der Waals surface area (Å²) < 4.78 is 12.1. The van der Waals surface area contributed by atoms with Gasteiger partial charge in [0.2, 0.25) is 0 Å². The zero-order valence-corrected chi connectivity index (χ0v) is 13.8. The van der Waals surface area contributed by atoms with Crippen molar-refractivity contribution in [3.8, 4) is 5.75 Å². The molecule has 0 N–H and O–H groups in total. The molecular weight excluding hydrogens is 334 g/mol. The van der Waals surface area contributed by atoms with Crippen LogP contribution in [0.4, 0.5) is 0 Å². The predicted molar refractivity (Wildman–Crippen MR) is 83.5 cm³/mol. The molecule has 21 heavy (non-hydrogen) atoms. The first-order valence-corrected chi connectivity index (χ1v) is 8.29. The van der Waals surface area contributed by atoms with Crippen molar-refractivity contribution in [2.75, 3.05) is 19.7 Å². The molecule has 1 heterocycles. The van der Waals surface area contributed by atoms with Crippen molar-refractivity contribution in [3.05, 3.63) is 28.2 Å². The fourth-order valence-electron chi connectivity index (χ4n) is 2.81. The van der Waals surface area contributed by atoms with Crippen molar-refractivity contribution >= 4 is 21.9 Å². The summed E-state index contributed by atoms with van der Waals surface area (Å²) in [6.45, 7) is 3.44. The molecule has 1 aliphatic carbocycles. The number of esters is 1. The Morgan fingerprint density at radius 2 is 2.29 bits per heavy atom. The van der Waals surface area contributed by atoms with Crippen LogP contribution in [-0.2, 0) is 16.0 Å². The first-order chi connectivity index (χ1) is 10.2.